The second-order valence-corrected chi connectivity index (χ2v) is 11.9. The van der Waals surface area contributed by atoms with Gasteiger partial charge < -0.3 is 14.5 Å². The number of aryl methyl sites for hydroxylation is 1. The number of piperazine rings is 1. The maximum atomic E-state index is 13.6. The fourth-order valence-electron chi connectivity index (χ4n) is 4.84. The summed E-state index contributed by atoms with van der Waals surface area (Å²) in [4.78, 5) is 31.8. The Kier molecular flexibility index (Phi) is 6.64. The van der Waals surface area contributed by atoms with E-state index in [1.54, 1.807) is 24.1 Å². The molecule has 1 aromatic heterocycles. The number of fused-ring (bicyclic) bond motifs is 1. The van der Waals surface area contributed by atoms with E-state index in [0.29, 0.717) is 37.6 Å². The lowest BCUT2D eigenvalue weighted by atomic mass is 10.0. The molecule has 0 spiro atoms. The molecule has 0 bridgehead atoms. The Morgan fingerprint density at radius 3 is 2.45 bits per heavy atom. The second kappa shape index (κ2) is 9.54. The van der Waals surface area contributed by atoms with Crippen LogP contribution < -0.4 is 13.5 Å². The lowest BCUT2D eigenvalue weighted by Gasteiger charge is -2.42. The van der Waals surface area contributed by atoms with Crippen LogP contribution in [0.5, 0.6) is 0 Å². The monoisotopic (exact) mass is 551 g/mol. The number of anilines is 3. The zero-order chi connectivity index (χ0) is 27.4. The number of hydrogen-bond donors (Lipinski definition) is 2. The summed E-state index contributed by atoms with van der Waals surface area (Å²) < 4.78 is 56.2. The van der Waals surface area contributed by atoms with Crippen LogP contribution in [-0.4, -0.2) is 83.2 Å². The minimum Gasteiger partial charge on any atom is -0.456 e. The molecule has 2 aromatic rings. The molecule has 1 amide bonds. The normalized spacial score (nSPS) is 22.2. The number of nitrogens with zero attached hydrogens (tertiary/aromatic N) is 5. The fourth-order valence-corrected chi connectivity index (χ4v) is 6.34. The van der Waals surface area contributed by atoms with Crippen molar-refractivity contribution >= 4 is 40.0 Å². The van der Waals surface area contributed by atoms with Crippen LogP contribution in [0.4, 0.5) is 26.0 Å². The van der Waals surface area contributed by atoms with Crippen LogP contribution in [0.25, 0.3) is 11.3 Å². The summed E-state index contributed by atoms with van der Waals surface area (Å²) >= 11 is 0. The maximum absolute atomic E-state index is 13.6. The van der Waals surface area contributed by atoms with Crippen LogP contribution in [0.1, 0.15) is 18.9 Å². The summed E-state index contributed by atoms with van der Waals surface area (Å²) in [6.07, 6.45) is -0.249. The van der Waals surface area contributed by atoms with Gasteiger partial charge in [0.05, 0.1) is 17.1 Å². The number of pyridine rings is 1. The van der Waals surface area contributed by atoms with Crippen LogP contribution >= 0.6 is 11.0 Å². The SMILES string of the molecule is CC(=O)OCC(=O)N1CCN(c2ccc(C)c(-c3ccc4c(c3)N(C)S(O)(O)N4CC3CC3(F)F)n2)CC1. The van der Waals surface area contributed by atoms with Crippen molar-refractivity contribution in [3.05, 3.63) is 35.9 Å². The van der Waals surface area contributed by atoms with Gasteiger partial charge in [-0.3, -0.25) is 27.3 Å². The van der Waals surface area contributed by atoms with E-state index in [4.69, 9.17) is 9.72 Å². The quantitative estimate of drug-likeness (QED) is 0.519. The molecule has 0 radical (unpaired) electrons. The van der Waals surface area contributed by atoms with Gasteiger partial charge in [-0.05, 0) is 41.6 Å². The van der Waals surface area contributed by atoms with Gasteiger partial charge in [0, 0.05) is 64.6 Å². The topological polar surface area (TPSA) is 110 Å². The van der Waals surface area contributed by atoms with E-state index >= 15 is 0 Å². The van der Waals surface area contributed by atoms with Gasteiger partial charge in [-0.1, -0.05) is 12.1 Å². The smallest absolute Gasteiger partial charge is 0.303 e. The first-order valence-corrected chi connectivity index (χ1v) is 13.8. The lowest BCUT2D eigenvalue weighted by molar-refractivity contribution is -0.150. The van der Waals surface area contributed by atoms with Gasteiger partial charge in [0.15, 0.2) is 6.61 Å². The third-order valence-corrected chi connectivity index (χ3v) is 9.17. The number of hydrogen-bond acceptors (Lipinski definition) is 9. The molecule has 13 heteroatoms. The van der Waals surface area contributed by atoms with Crippen molar-refractivity contribution in [2.75, 3.05) is 59.9 Å². The van der Waals surface area contributed by atoms with Gasteiger partial charge >= 0.3 is 5.97 Å². The van der Waals surface area contributed by atoms with Crippen LogP contribution in [0.15, 0.2) is 30.3 Å². The number of benzene rings is 1. The minimum atomic E-state index is -3.44. The van der Waals surface area contributed by atoms with E-state index in [9.17, 15) is 27.5 Å². The molecule has 2 fully saturated rings. The molecule has 2 aliphatic heterocycles. The number of alkyl halides is 2. The number of aromatic nitrogens is 1. The molecule has 38 heavy (non-hydrogen) atoms. The Bertz CT molecular complexity index is 1270. The summed E-state index contributed by atoms with van der Waals surface area (Å²) in [5.74, 6) is -3.64. The number of halogens is 2. The molecule has 5 rings (SSSR count). The average molecular weight is 552 g/mol. The minimum absolute atomic E-state index is 0.131. The predicted octanol–water partition coefficient (Wildman–Crippen LogP) is 3.76. The third kappa shape index (κ3) is 4.85. The van der Waals surface area contributed by atoms with Gasteiger partial charge in [-0.15, -0.1) is 0 Å². The van der Waals surface area contributed by atoms with Crippen molar-refractivity contribution in [3.8, 4) is 11.3 Å². The first kappa shape index (κ1) is 26.4. The maximum Gasteiger partial charge on any atom is 0.303 e. The standard InChI is InChI=1S/C25H31F2N5O5S/c1-16-4-7-22(30-8-10-31(11-9-30)23(34)15-37-17(2)33)28-24(16)18-5-6-20-21(12-18)29(3)38(35,36)32(20)14-19-13-25(19,26)27/h4-7,12,19,35-36H,8-11,13-15H2,1-3H3. The Hall–Kier alpha value is -3.16. The number of esters is 1. The molecular formula is C25H31F2N5O5S. The highest BCUT2D eigenvalue weighted by Gasteiger charge is 2.59. The lowest BCUT2D eigenvalue weighted by Crippen LogP contribution is -2.50. The van der Waals surface area contributed by atoms with Crippen LogP contribution in [-0.2, 0) is 14.3 Å². The average Bonchev–Trinajstić information content (AvgIpc) is 3.45. The van der Waals surface area contributed by atoms with Gasteiger partial charge in [0.2, 0.25) is 0 Å². The molecule has 1 saturated carbocycles. The first-order valence-electron chi connectivity index (χ1n) is 12.3. The van der Waals surface area contributed by atoms with Crippen LogP contribution in [0.3, 0.4) is 0 Å². The number of amides is 1. The van der Waals surface area contributed by atoms with Crippen molar-refractivity contribution in [1.82, 2.24) is 9.88 Å². The Labute approximate surface area is 221 Å². The highest BCUT2D eigenvalue weighted by atomic mass is 32.3. The predicted molar refractivity (Wildman–Crippen MR) is 141 cm³/mol. The molecule has 206 valence electrons. The van der Waals surface area contributed by atoms with E-state index in [1.165, 1.54) is 15.5 Å². The molecular weight excluding hydrogens is 520 g/mol. The van der Waals surface area contributed by atoms with Gasteiger partial charge in [-0.2, -0.15) is 0 Å². The van der Waals surface area contributed by atoms with E-state index in [1.807, 2.05) is 25.1 Å². The van der Waals surface area contributed by atoms with Crippen molar-refractivity contribution in [1.29, 1.82) is 0 Å². The van der Waals surface area contributed by atoms with Crippen LogP contribution in [0.2, 0.25) is 0 Å². The van der Waals surface area contributed by atoms with E-state index in [-0.39, 0.29) is 25.5 Å². The summed E-state index contributed by atoms with van der Waals surface area (Å²) in [6, 6.07) is 9.23. The van der Waals surface area contributed by atoms with Gasteiger partial charge in [0.25, 0.3) is 11.8 Å². The summed E-state index contributed by atoms with van der Waals surface area (Å²) in [5, 5.41) is 0. The Balaban J connectivity index is 1.34. The molecule has 3 aliphatic rings. The fraction of sp³-hybridized carbons (Fsp3) is 0.480. The molecule has 1 aromatic carbocycles. The van der Waals surface area contributed by atoms with E-state index < -0.39 is 28.8 Å². The summed E-state index contributed by atoms with van der Waals surface area (Å²) in [7, 11) is -1.90. The number of carbonyl (C=O) groups is 2. The van der Waals surface area contributed by atoms with Gasteiger partial charge in [0.1, 0.15) is 5.82 Å². The summed E-state index contributed by atoms with van der Waals surface area (Å²) in [5.41, 5.74) is 3.44. The van der Waals surface area contributed by atoms with Crippen molar-refractivity contribution < 1.29 is 32.2 Å². The molecule has 10 nitrogen and oxygen atoms in total. The van der Waals surface area contributed by atoms with Crippen molar-refractivity contribution in [2.45, 2.75) is 26.2 Å². The zero-order valence-electron chi connectivity index (χ0n) is 21.4. The van der Waals surface area contributed by atoms with Crippen LogP contribution in [0, 0.1) is 12.8 Å². The molecule has 1 unspecified atom stereocenters. The van der Waals surface area contributed by atoms with Crippen molar-refractivity contribution in [3.63, 3.8) is 0 Å². The van der Waals surface area contributed by atoms with E-state index in [0.717, 1.165) is 22.6 Å². The first-order chi connectivity index (χ1) is 17.9. The largest absolute Gasteiger partial charge is 0.456 e. The summed E-state index contributed by atoms with van der Waals surface area (Å²) in [6.45, 7) is 4.89. The highest BCUT2D eigenvalue weighted by Crippen LogP contribution is 2.63. The Morgan fingerprint density at radius 1 is 1.13 bits per heavy atom. The second-order valence-electron chi connectivity index (χ2n) is 9.90. The molecule has 2 N–H and O–H groups in total. The zero-order valence-corrected chi connectivity index (χ0v) is 22.2. The number of ether oxygens (including phenoxy) is 1. The number of carbonyl (C=O) groups excluding carboxylic acids is 2. The third-order valence-electron chi connectivity index (χ3n) is 7.30. The highest BCUT2D eigenvalue weighted by molar-refractivity contribution is 8.26. The molecule has 1 aliphatic carbocycles. The van der Waals surface area contributed by atoms with Gasteiger partial charge in [-0.25, -0.2) is 13.8 Å². The molecule has 1 saturated heterocycles. The Morgan fingerprint density at radius 2 is 1.82 bits per heavy atom. The van der Waals surface area contributed by atoms with Crippen molar-refractivity contribution in [2.24, 2.45) is 5.92 Å². The molecule has 1 atom stereocenters. The van der Waals surface area contributed by atoms with E-state index in [2.05, 4.69) is 4.90 Å². The molecule has 3 heterocycles. The number of rotatable bonds is 6.